The number of esters is 1. The maximum absolute atomic E-state index is 11.2. The van der Waals surface area contributed by atoms with Crippen LogP contribution in [-0.4, -0.2) is 22.9 Å². The Balaban J connectivity index is 1.98. The molecule has 1 aromatic carbocycles. The van der Waals surface area contributed by atoms with E-state index in [2.05, 4.69) is 9.84 Å². The predicted molar refractivity (Wildman–Crippen MR) is 69.7 cm³/mol. The number of carbonyl (C=O) groups is 1. The third kappa shape index (κ3) is 3.58. The fourth-order valence-electron chi connectivity index (χ4n) is 1.66. The highest BCUT2D eigenvalue weighted by Crippen LogP contribution is 2.13. The molecule has 2 rings (SSSR count). The van der Waals surface area contributed by atoms with Crippen molar-refractivity contribution in [2.75, 3.05) is 7.11 Å². The number of carbonyl (C=O) groups excluding carboxylic acids is 1. The standard InChI is InChI=1S/C14H16N2O3/c1-16-12(9-14(17)18-2)8-13(15-16)19-10-11-6-4-3-5-7-11/h3-8H,9-10H2,1-2H3. The van der Waals surface area contributed by atoms with E-state index >= 15 is 0 Å². The zero-order chi connectivity index (χ0) is 13.7. The van der Waals surface area contributed by atoms with Gasteiger partial charge in [0.15, 0.2) is 0 Å². The molecule has 100 valence electrons. The monoisotopic (exact) mass is 260 g/mol. The van der Waals surface area contributed by atoms with Gasteiger partial charge in [-0.25, -0.2) is 0 Å². The molecule has 19 heavy (non-hydrogen) atoms. The number of nitrogens with zero attached hydrogens (tertiary/aromatic N) is 2. The summed E-state index contributed by atoms with van der Waals surface area (Å²) >= 11 is 0. The third-order valence-electron chi connectivity index (χ3n) is 2.74. The highest BCUT2D eigenvalue weighted by molar-refractivity contribution is 5.71. The first kappa shape index (κ1) is 13.1. The maximum atomic E-state index is 11.2. The summed E-state index contributed by atoms with van der Waals surface area (Å²) in [7, 11) is 3.14. The van der Waals surface area contributed by atoms with Gasteiger partial charge in [-0.3, -0.25) is 9.48 Å². The maximum Gasteiger partial charge on any atom is 0.311 e. The van der Waals surface area contributed by atoms with Crippen molar-refractivity contribution in [1.82, 2.24) is 9.78 Å². The normalized spacial score (nSPS) is 10.2. The Labute approximate surface area is 111 Å². The van der Waals surface area contributed by atoms with Crippen LogP contribution in [0.3, 0.4) is 0 Å². The lowest BCUT2D eigenvalue weighted by Crippen LogP contribution is -2.08. The number of benzene rings is 1. The van der Waals surface area contributed by atoms with Gasteiger partial charge in [0.2, 0.25) is 5.88 Å². The Bertz CT molecular complexity index is 549. The molecule has 0 aliphatic heterocycles. The molecule has 0 bridgehead atoms. The van der Waals surface area contributed by atoms with Crippen molar-refractivity contribution in [3.05, 3.63) is 47.7 Å². The van der Waals surface area contributed by atoms with Gasteiger partial charge in [-0.1, -0.05) is 30.3 Å². The van der Waals surface area contributed by atoms with E-state index in [1.165, 1.54) is 7.11 Å². The van der Waals surface area contributed by atoms with E-state index in [1.54, 1.807) is 17.8 Å². The summed E-state index contributed by atoms with van der Waals surface area (Å²) in [6, 6.07) is 11.6. The Morgan fingerprint density at radius 3 is 2.74 bits per heavy atom. The molecule has 0 amide bonds. The van der Waals surface area contributed by atoms with Crippen LogP contribution < -0.4 is 4.74 Å². The van der Waals surface area contributed by atoms with Crippen molar-refractivity contribution in [1.29, 1.82) is 0 Å². The molecule has 0 spiro atoms. The molecule has 5 nitrogen and oxygen atoms in total. The average Bonchev–Trinajstić information content (AvgIpc) is 2.78. The van der Waals surface area contributed by atoms with Gasteiger partial charge >= 0.3 is 5.97 Å². The number of aryl methyl sites for hydroxylation is 1. The first-order valence-corrected chi connectivity index (χ1v) is 5.95. The molecule has 2 aromatic rings. The van der Waals surface area contributed by atoms with E-state index in [1.807, 2.05) is 30.3 Å². The van der Waals surface area contributed by atoms with Gasteiger partial charge in [-0.15, -0.1) is 5.10 Å². The van der Waals surface area contributed by atoms with E-state index < -0.39 is 0 Å². The molecular formula is C14H16N2O3. The highest BCUT2D eigenvalue weighted by atomic mass is 16.5. The third-order valence-corrected chi connectivity index (χ3v) is 2.74. The fourth-order valence-corrected chi connectivity index (χ4v) is 1.66. The van der Waals surface area contributed by atoms with Gasteiger partial charge in [0.05, 0.1) is 19.2 Å². The van der Waals surface area contributed by atoms with Gasteiger partial charge in [-0.05, 0) is 5.56 Å². The zero-order valence-corrected chi connectivity index (χ0v) is 11.0. The van der Waals surface area contributed by atoms with Gasteiger partial charge in [0, 0.05) is 13.1 Å². The smallest absolute Gasteiger partial charge is 0.311 e. The molecule has 0 atom stereocenters. The number of hydrogen-bond acceptors (Lipinski definition) is 4. The van der Waals surface area contributed by atoms with E-state index in [0.717, 1.165) is 11.3 Å². The van der Waals surface area contributed by atoms with Crippen LogP contribution >= 0.6 is 0 Å². The lowest BCUT2D eigenvalue weighted by molar-refractivity contribution is -0.139. The first-order valence-electron chi connectivity index (χ1n) is 5.95. The predicted octanol–water partition coefficient (Wildman–Crippen LogP) is 1.71. The Hall–Kier alpha value is -2.30. The molecule has 0 radical (unpaired) electrons. The Morgan fingerprint density at radius 1 is 1.32 bits per heavy atom. The minimum atomic E-state index is -0.294. The van der Waals surface area contributed by atoms with Gasteiger partial charge in [0.1, 0.15) is 6.61 Å². The summed E-state index contributed by atoms with van der Waals surface area (Å²) in [4.78, 5) is 11.2. The van der Waals surface area contributed by atoms with Crippen molar-refractivity contribution in [2.24, 2.45) is 7.05 Å². The summed E-state index contributed by atoms with van der Waals surface area (Å²) in [5.41, 5.74) is 1.83. The molecule has 1 aromatic heterocycles. The average molecular weight is 260 g/mol. The minimum absolute atomic E-state index is 0.189. The molecule has 0 aliphatic carbocycles. The highest BCUT2D eigenvalue weighted by Gasteiger charge is 2.10. The molecule has 0 unspecified atom stereocenters. The number of hydrogen-bond donors (Lipinski definition) is 0. The number of ether oxygens (including phenoxy) is 2. The second-order valence-electron chi connectivity index (χ2n) is 4.12. The molecule has 0 fully saturated rings. The van der Waals surface area contributed by atoms with E-state index in [4.69, 9.17) is 4.74 Å². The molecule has 0 aliphatic rings. The molecular weight excluding hydrogens is 244 g/mol. The second kappa shape index (κ2) is 6.04. The summed E-state index contributed by atoms with van der Waals surface area (Å²) in [6.07, 6.45) is 0.189. The minimum Gasteiger partial charge on any atom is -0.472 e. The van der Waals surface area contributed by atoms with Crippen LogP contribution in [-0.2, 0) is 29.6 Å². The summed E-state index contributed by atoms with van der Waals surface area (Å²) < 4.78 is 11.8. The van der Waals surface area contributed by atoms with E-state index in [0.29, 0.717) is 12.5 Å². The van der Waals surface area contributed by atoms with Crippen LogP contribution in [0.15, 0.2) is 36.4 Å². The lowest BCUT2D eigenvalue weighted by Gasteiger charge is -2.01. The fraction of sp³-hybridized carbons (Fsp3) is 0.286. The summed E-state index contributed by atoms with van der Waals surface area (Å²) in [6.45, 7) is 0.454. The topological polar surface area (TPSA) is 53.4 Å². The SMILES string of the molecule is COC(=O)Cc1cc(OCc2ccccc2)nn1C. The molecule has 5 heteroatoms. The van der Waals surface area contributed by atoms with Gasteiger partial charge in [-0.2, -0.15) is 0 Å². The Kier molecular flexibility index (Phi) is 4.18. The summed E-state index contributed by atoms with van der Waals surface area (Å²) in [5, 5.41) is 4.20. The van der Waals surface area contributed by atoms with Crippen LogP contribution in [0.2, 0.25) is 0 Å². The van der Waals surface area contributed by atoms with Gasteiger partial charge in [0.25, 0.3) is 0 Å². The van der Waals surface area contributed by atoms with Crippen LogP contribution in [0.25, 0.3) is 0 Å². The molecule has 0 saturated carbocycles. The second-order valence-corrected chi connectivity index (χ2v) is 4.12. The lowest BCUT2D eigenvalue weighted by atomic mass is 10.2. The molecule has 0 N–H and O–H groups in total. The molecule has 1 heterocycles. The Morgan fingerprint density at radius 2 is 2.05 bits per heavy atom. The number of rotatable bonds is 5. The van der Waals surface area contributed by atoms with Crippen molar-refractivity contribution >= 4 is 5.97 Å². The van der Waals surface area contributed by atoms with E-state index in [-0.39, 0.29) is 12.4 Å². The number of aromatic nitrogens is 2. The largest absolute Gasteiger partial charge is 0.472 e. The first-order chi connectivity index (χ1) is 9.19. The zero-order valence-electron chi connectivity index (χ0n) is 11.0. The van der Waals surface area contributed by atoms with E-state index in [9.17, 15) is 4.79 Å². The van der Waals surface area contributed by atoms with Crippen molar-refractivity contribution in [3.63, 3.8) is 0 Å². The van der Waals surface area contributed by atoms with Crippen LogP contribution in [0, 0.1) is 0 Å². The van der Waals surface area contributed by atoms with Crippen LogP contribution in [0.5, 0.6) is 5.88 Å². The quantitative estimate of drug-likeness (QED) is 0.768. The van der Waals surface area contributed by atoms with Crippen molar-refractivity contribution in [2.45, 2.75) is 13.0 Å². The molecule has 0 saturated heterocycles. The van der Waals surface area contributed by atoms with Crippen LogP contribution in [0.1, 0.15) is 11.3 Å². The van der Waals surface area contributed by atoms with Crippen molar-refractivity contribution in [3.8, 4) is 5.88 Å². The summed E-state index contributed by atoms with van der Waals surface area (Å²) in [5.74, 6) is 0.211. The van der Waals surface area contributed by atoms with Crippen molar-refractivity contribution < 1.29 is 14.3 Å². The van der Waals surface area contributed by atoms with Gasteiger partial charge < -0.3 is 9.47 Å². The number of methoxy groups -OCH3 is 1. The van der Waals surface area contributed by atoms with Crippen LogP contribution in [0.4, 0.5) is 0 Å².